The van der Waals surface area contributed by atoms with Crippen LogP contribution in [0.5, 0.6) is 11.5 Å². The Balaban J connectivity index is 1.75. The summed E-state index contributed by atoms with van der Waals surface area (Å²) in [6.45, 7) is 0. The Bertz CT molecular complexity index is 1200. The number of rotatable bonds is 6. The van der Waals surface area contributed by atoms with Crippen LogP contribution in [0.25, 0.3) is 5.65 Å². The molecule has 2 aromatic heterocycles. The summed E-state index contributed by atoms with van der Waals surface area (Å²) in [5.41, 5.74) is 2.28. The fourth-order valence-corrected chi connectivity index (χ4v) is 2.79. The molecule has 9 heteroatoms. The van der Waals surface area contributed by atoms with Gasteiger partial charge in [0, 0.05) is 17.4 Å². The highest BCUT2D eigenvalue weighted by Crippen LogP contribution is 2.31. The second-order valence-electron chi connectivity index (χ2n) is 5.96. The summed E-state index contributed by atoms with van der Waals surface area (Å²) < 4.78 is 12.1. The minimum Gasteiger partial charge on any atom is -0.493 e. The van der Waals surface area contributed by atoms with Crippen LogP contribution in [0.15, 0.2) is 54.7 Å². The molecule has 9 nitrogen and oxygen atoms in total. The molecule has 0 spiro atoms. The summed E-state index contributed by atoms with van der Waals surface area (Å²) in [6, 6.07) is 17.0. The Morgan fingerprint density at radius 3 is 2.45 bits per heavy atom. The van der Waals surface area contributed by atoms with Crippen LogP contribution in [0.4, 0.5) is 23.3 Å². The Labute approximate surface area is 166 Å². The third-order valence-electron chi connectivity index (χ3n) is 4.16. The molecule has 0 atom stereocenters. The third kappa shape index (κ3) is 3.59. The predicted octanol–water partition coefficient (Wildman–Crippen LogP) is 3.50. The van der Waals surface area contributed by atoms with Gasteiger partial charge in [-0.25, -0.2) is 0 Å². The third-order valence-corrected chi connectivity index (χ3v) is 4.16. The highest BCUT2D eigenvalue weighted by molar-refractivity contribution is 5.66. The number of aromatic nitrogens is 4. The predicted molar refractivity (Wildman–Crippen MR) is 108 cm³/mol. The number of benzene rings is 2. The Hall–Kier alpha value is -4.32. The molecular formula is C20H17N7O2. The number of nitriles is 1. The minimum absolute atomic E-state index is 0.306. The highest BCUT2D eigenvalue weighted by Gasteiger charge is 2.14. The average molecular weight is 387 g/mol. The van der Waals surface area contributed by atoms with E-state index in [1.807, 2.05) is 36.4 Å². The number of hydrogen-bond acceptors (Lipinski definition) is 8. The van der Waals surface area contributed by atoms with E-state index in [2.05, 4.69) is 31.8 Å². The summed E-state index contributed by atoms with van der Waals surface area (Å²) >= 11 is 0. The van der Waals surface area contributed by atoms with E-state index >= 15 is 0 Å². The zero-order valence-corrected chi connectivity index (χ0v) is 15.7. The molecule has 2 heterocycles. The van der Waals surface area contributed by atoms with Crippen molar-refractivity contribution in [1.82, 2.24) is 19.6 Å². The van der Waals surface area contributed by atoms with Crippen LogP contribution in [0.1, 0.15) is 5.56 Å². The monoisotopic (exact) mass is 387 g/mol. The molecule has 4 aromatic rings. The van der Waals surface area contributed by atoms with E-state index in [1.54, 1.807) is 26.4 Å². The van der Waals surface area contributed by atoms with Crippen LogP contribution in [-0.4, -0.2) is 33.8 Å². The quantitative estimate of drug-likeness (QED) is 0.517. The molecule has 29 heavy (non-hydrogen) atoms. The molecule has 144 valence electrons. The smallest absolute Gasteiger partial charge is 0.233 e. The lowest BCUT2D eigenvalue weighted by Crippen LogP contribution is -2.08. The first kappa shape index (κ1) is 18.1. The van der Waals surface area contributed by atoms with E-state index in [-0.39, 0.29) is 0 Å². The molecule has 0 bridgehead atoms. The SMILES string of the molecule is COc1ccc(Nc2nc(Nc3ccccc3)n3ncc(C#N)c3n2)cc1OC. The van der Waals surface area contributed by atoms with Crippen LogP contribution in [0.2, 0.25) is 0 Å². The molecule has 4 rings (SSSR count). The molecule has 0 radical (unpaired) electrons. The van der Waals surface area contributed by atoms with Crippen LogP contribution in [0, 0.1) is 11.3 Å². The summed E-state index contributed by atoms with van der Waals surface area (Å²) in [5, 5.41) is 20.0. The van der Waals surface area contributed by atoms with Gasteiger partial charge in [0.15, 0.2) is 17.1 Å². The standard InChI is InChI=1S/C20H17N7O2/c1-28-16-9-8-15(10-17(16)29-2)23-19-25-18-13(11-21)12-22-27(18)20(26-19)24-14-6-4-3-5-7-14/h3-10,12H,1-2H3,(H2,23,24,25,26). The van der Waals surface area contributed by atoms with Crippen molar-refractivity contribution >= 4 is 28.9 Å². The van der Waals surface area contributed by atoms with Crippen molar-refractivity contribution in [3.63, 3.8) is 0 Å². The molecule has 0 saturated heterocycles. The summed E-state index contributed by atoms with van der Waals surface area (Å²) in [4.78, 5) is 8.97. The van der Waals surface area contributed by atoms with Crippen LogP contribution in [0.3, 0.4) is 0 Å². The van der Waals surface area contributed by atoms with Gasteiger partial charge in [-0.15, -0.1) is 0 Å². The van der Waals surface area contributed by atoms with E-state index in [9.17, 15) is 5.26 Å². The molecule has 0 aliphatic rings. The van der Waals surface area contributed by atoms with Gasteiger partial charge in [-0.3, -0.25) is 0 Å². The van der Waals surface area contributed by atoms with Gasteiger partial charge in [0.05, 0.1) is 20.4 Å². The van der Waals surface area contributed by atoms with Crippen LogP contribution < -0.4 is 20.1 Å². The normalized spacial score (nSPS) is 10.4. The molecule has 2 aromatic carbocycles. The lowest BCUT2D eigenvalue weighted by molar-refractivity contribution is 0.355. The van der Waals surface area contributed by atoms with Gasteiger partial charge in [-0.2, -0.15) is 24.8 Å². The number of methoxy groups -OCH3 is 2. The minimum atomic E-state index is 0.306. The molecule has 0 unspecified atom stereocenters. The number of nitrogens with one attached hydrogen (secondary N) is 2. The van der Waals surface area contributed by atoms with Gasteiger partial charge < -0.3 is 20.1 Å². The molecule has 0 amide bonds. The van der Waals surface area contributed by atoms with Gasteiger partial charge in [0.2, 0.25) is 11.9 Å². The lowest BCUT2D eigenvalue weighted by atomic mass is 10.3. The van der Waals surface area contributed by atoms with E-state index in [4.69, 9.17) is 9.47 Å². The van der Waals surface area contributed by atoms with E-state index < -0.39 is 0 Å². The summed E-state index contributed by atoms with van der Waals surface area (Å²) in [7, 11) is 3.14. The fourth-order valence-electron chi connectivity index (χ4n) is 2.79. The summed E-state index contributed by atoms with van der Waals surface area (Å²) in [6.07, 6.45) is 1.46. The highest BCUT2D eigenvalue weighted by atomic mass is 16.5. The van der Waals surface area contributed by atoms with Gasteiger partial charge >= 0.3 is 0 Å². The van der Waals surface area contributed by atoms with Crippen molar-refractivity contribution in [3.8, 4) is 17.6 Å². The van der Waals surface area contributed by atoms with Crippen molar-refractivity contribution < 1.29 is 9.47 Å². The van der Waals surface area contributed by atoms with Crippen LogP contribution in [-0.2, 0) is 0 Å². The maximum absolute atomic E-state index is 9.38. The molecule has 0 aliphatic heterocycles. The largest absolute Gasteiger partial charge is 0.493 e. The number of nitrogens with zero attached hydrogens (tertiary/aromatic N) is 5. The number of hydrogen-bond donors (Lipinski definition) is 2. The molecule has 0 aliphatic carbocycles. The van der Waals surface area contributed by atoms with E-state index in [0.717, 1.165) is 5.69 Å². The van der Waals surface area contributed by atoms with Crippen molar-refractivity contribution in [1.29, 1.82) is 5.26 Å². The second kappa shape index (κ2) is 7.74. The second-order valence-corrected chi connectivity index (χ2v) is 5.96. The molecular weight excluding hydrogens is 370 g/mol. The number of ether oxygens (including phenoxy) is 2. The molecule has 2 N–H and O–H groups in total. The summed E-state index contributed by atoms with van der Waals surface area (Å²) in [5.74, 6) is 1.91. The number of anilines is 4. The topological polar surface area (TPSA) is 109 Å². The first-order valence-corrected chi connectivity index (χ1v) is 8.69. The van der Waals surface area contributed by atoms with Gasteiger partial charge in [-0.05, 0) is 24.3 Å². The van der Waals surface area contributed by atoms with E-state index in [0.29, 0.717) is 40.3 Å². The first-order chi connectivity index (χ1) is 14.2. The zero-order valence-electron chi connectivity index (χ0n) is 15.7. The van der Waals surface area contributed by atoms with Crippen molar-refractivity contribution in [2.24, 2.45) is 0 Å². The Morgan fingerprint density at radius 2 is 1.72 bits per heavy atom. The average Bonchev–Trinajstić information content (AvgIpc) is 3.17. The zero-order chi connectivity index (χ0) is 20.2. The number of para-hydroxylation sites is 1. The van der Waals surface area contributed by atoms with Gasteiger partial charge in [0.25, 0.3) is 0 Å². The number of fused-ring (bicyclic) bond motifs is 1. The fraction of sp³-hybridized carbons (Fsp3) is 0.100. The van der Waals surface area contributed by atoms with E-state index in [1.165, 1.54) is 10.7 Å². The maximum Gasteiger partial charge on any atom is 0.233 e. The lowest BCUT2D eigenvalue weighted by Gasteiger charge is -2.12. The van der Waals surface area contributed by atoms with Crippen molar-refractivity contribution in [3.05, 3.63) is 60.3 Å². The maximum atomic E-state index is 9.38. The Kier molecular flexibility index (Phi) is 4.82. The van der Waals surface area contributed by atoms with Crippen molar-refractivity contribution in [2.75, 3.05) is 24.9 Å². The molecule has 0 saturated carbocycles. The van der Waals surface area contributed by atoms with Crippen molar-refractivity contribution in [2.45, 2.75) is 0 Å². The van der Waals surface area contributed by atoms with Crippen LogP contribution >= 0.6 is 0 Å². The Morgan fingerprint density at radius 1 is 0.931 bits per heavy atom. The molecule has 0 fully saturated rings. The first-order valence-electron chi connectivity index (χ1n) is 8.69. The van der Waals surface area contributed by atoms with Gasteiger partial charge in [-0.1, -0.05) is 18.2 Å². The van der Waals surface area contributed by atoms with Gasteiger partial charge in [0.1, 0.15) is 11.6 Å².